The normalized spacial score (nSPS) is 16.8. The van der Waals surface area contributed by atoms with Crippen LogP contribution in [0.5, 0.6) is 5.75 Å². The van der Waals surface area contributed by atoms with Crippen molar-refractivity contribution in [2.24, 2.45) is 4.99 Å². The van der Waals surface area contributed by atoms with Crippen LogP contribution < -0.4 is 10.1 Å². The standard InChI is InChI=1S/C21H36N4O2S.HI/c1-5-22-20(23-11-18-28(26)21(2,3)4)25-14-12-24(13-15-25)16-17-27-19-9-7-6-8-10-19;/h6-10H,5,11-18H2,1-4H3,(H,22,23);1H. The molecule has 8 heteroatoms. The van der Waals surface area contributed by atoms with Gasteiger partial charge in [-0.1, -0.05) is 18.2 Å². The van der Waals surface area contributed by atoms with Crippen LogP contribution in [0.2, 0.25) is 0 Å². The molecule has 1 aromatic carbocycles. The fourth-order valence-corrected chi connectivity index (χ4v) is 3.83. The summed E-state index contributed by atoms with van der Waals surface area (Å²) in [7, 11) is -0.864. The molecular weight excluding hydrogens is 499 g/mol. The van der Waals surface area contributed by atoms with Crippen molar-refractivity contribution in [1.82, 2.24) is 15.1 Å². The third-order valence-corrected chi connectivity index (χ3v) is 6.57. The lowest BCUT2D eigenvalue weighted by Gasteiger charge is -2.36. The number of guanidine groups is 1. The second-order valence-corrected chi connectivity index (χ2v) is 10.2. The van der Waals surface area contributed by atoms with Gasteiger partial charge in [-0.15, -0.1) is 24.0 Å². The molecule has 1 saturated heterocycles. The molecule has 0 aromatic heterocycles. The third-order valence-electron chi connectivity index (χ3n) is 4.65. The van der Waals surface area contributed by atoms with E-state index in [0.717, 1.165) is 51.0 Å². The first-order chi connectivity index (χ1) is 13.4. The number of nitrogens with one attached hydrogen (secondary N) is 1. The second kappa shape index (κ2) is 13.4. The van der Waals surface area contributed by atoms with Gasteiger partial charge in [0.1, 0.15) is 12.4 Å². The number of benzene rings is 1. The van der Waals surface area contributed by atoms with Crippen LogP contribution in [0.4, 0.5) is 0 Å². The van der Waals surface area contributed by atoms with Gasteiger partial charge in [-0.05, 0) is 39.8 Å². The molecule has 0 radical (unpaired) electrons. The molecule has 1 fully saturated rings. The van der Waals surface area contributed by atoms with Gasteiger partial charge < -0.3 is 15.0 Å². The average Bonchev–Trinajstić information content (AvgIpc) is 2.68. The lowest BCUT2D eigenvalue weighted by molar-refractivity contribution is 0.152. The molecule has 0 bridgehead atoms. The summed E-state index contributed by atoms with van der Waals surface area (Å²) in [5, 5.41) is 3.38. The molecule has 6 nitrogen and oxygen atoms in total. The van der Waals surface area contributed by atoms with Crippen LogP contribution in [0.3, 0.4) is 0 Å². The van der Waals surface area contributed by atoms with Crippen LogP contribution in [0.25, 0.3) is 0 Å². The highest BCUT2D eigenvalue weighted by atomic mass is 127. The summed E-state index contributed by atoms with van der Waals surface area (Å²) in [5.74, 6) is 2.47. The van der Waals surface area contributed by atoms with E-state index in [4.69, 9.17) is 9.73 Å². The van der Waals surface area contributed by atoms with Gasteiger partial charge in [0.25, 0.3) is 0 Å². The Hall–Kier alpha value is -0.870. The molecule has 29 heavy (non-hydrogen) atoms. The van der Waals surface area contributed by atoms with E-state index in [-0.39, 0.29) is 28.7 Å². The molecule has 1 unspecified atom stereocenters. The maximum absolute atomic E-state index is 12.2. The number of nitrogens with zero attached hydrogens (tertiary/aromatic N) is 3. The smallest absolute Gasteiger partial charge is 0.194 e. The van der Waals surface area contributed by atoms with Crippen molar-refractivity contribution >= 4 is 40.7 Å². The van der Waals surface area contributed by atoms with Crippen molar-refractivity contribution in [3.05, 3.63) is 30.3 Å². The van der Waals surface area contributed by atoms with Gasteiger partial charge in [0.05, 0.1) is 6.54 Å². The summed E-state index contributed by atoms with van der Waals surface area (Å²) in [6.07, 6.45) is 0. The third kappa shape index (κ3) is 9.65. The zero-order valence-corrected chi connectivity index (χ0v) is 21.4. The quantitative estimate of drug-likeness (QED) is 0.315. The summed E-state index contributed by atoms with van der Waals surface area (Å²) in [5.41, 5.74) is 0. The summed E-state index contributed by atoms with van der Waals surface area (Å²) in [6.45, 7) is 15.1. The van der Waals surface area contributed by atoms with Crippen LogP contribution in [-0.2, 0) is 10.8 Å². The highest BCUT2D eigenvalue weighted by molar-refractivity contribution is 14.0. The van der Waals surface area contributed by atoms with Crippen LogP contribution in [0, 0.1) is 0 Å². The number of aliphatic imine (C=N–C) groups is 1. The monoisotopic (exact) mass is 536 g/mol. The fraction of sp³-hybridized carbons (Fsp3) is 0.667. The van der Waals surface area contributed by atoms with E-state index in [2.05, 4.69) is 22.0 Å². The summed E-state index contributed by atoms with van der Waals surface area (Å²) in [6, 6.07) is 9.96. The Morgan fingerprint density at radius 1 is 1.17 bits per heavy atom. The maximum atomic E-state index is 12.2. The number of hydrogen-bond donors (Lipinski definition) is 1. The van der Waals surface area contributed by atoms with Crippen LogP contribution in [-0.4, -0.2) is 82.9 Å². The van der Waals surface area contributed by atoms with E-state index in [1.807, 2.05) is 51.1 Å². The Bertz CT molecular complexity index is 629. The number of ether oxygens (including phenoxy) is 1. The lowest BCUT2D eigenvalue weighted by atomic mass is 10.3. The molecular formula is C21H37IN4O2S. The van der Waals surface area contributed by atoms with Crippen LogP contribution in [0.1, 0.15) is 27.7 Å². The Kier molecular flexibility index (Phi) is 12.1. The molecule has 1 aliphatic rings. The molecule has 1 heterocycles. The lowest BCUT2D eigenvalue weighted by Crippen LogP contribution is -2.53. The molecule has 1 aromatic rings. The topological polar surface area (TPSA) is 57.2 Å². The Labute approximate surface area is 195 Å². The molecule has 1 N–H and O–H groups in total. The summed E-state index contributed by atoms with van der Waals surface area (Å²) < 4.78 is 17.8. The molecule has 2 rings (SSSR count). The highest BCUT2D eigenvalue weighted by Crippen LogP contribution is 2.11. The molecule has 1 aliphatic heterocycles. The SMILES string of the molecule is CCNC(=NCCS(=O)C(C)(C)C)N1CCN(CCOc2ccccc2)CC1.I. The van der Waals surface area contributed by atoms with Gasteiger partial charge in [-0.25, -0.2) is 0 Å². The number of piperazine rings is 1. The number of para-hydroxylation sites is 1. The molecule has 0 amide bonds. The first-order valence-corrected chi connectivity index (χ1v) is 11.5. The minimum Gasteiger partial charge on any atom is -0.492 e. The Balaban J connectivity index is 0.00000420. The zero-order valence-electron chi connectivity index (χ0n) is 18.2. The predicted octanol–water partition coefficient (Wildman–Crippen LogP) is 2.81. The molecule has 166 valence electrons. The van der Waals surface area contributed by atoms with Gasteiger partial charge in [0.15, 0.2) is 5.96 Å². The molecule has 0 spiro atoms. The van der Waals surface area contributed by atoms with Crippen LogP contribution >= 0.6 is 24.0 Å². The number of hydrogen-bond acceptors (Lipinski definition) is 4. The van der Waals surface area contributed by atoms with Gasteiger partial charge >= 0.3 is 0 Å². The number of halogens is 1. The van der Waals surface area contributed by atoms with E-state index in [0.29, 0.717) is 18.9 Å². The van der Waals surface area contributed by atoms with Crippen molar-refractivity contribution < 1.29 is 8.95 Å². The zero-order chi connectivity index (χ0) is 20.4. The van der Waals surface area contributed by atoms with Crippen molar-refractivity contribution in [2.45, 2.75) is 32.4 Å². The van der Waals surface area contributed by atoms with E-state index in [9.17, 15) is 4.21 Å². The second-order valence-electron chi connectivity index (χ2n) is 7.89. The minimum atomic E-state index is -0.864. The Morgan fingerprint density at radius 2 is 1.83 bits per heavy atom. The predicted molar refractivity (Wildman–Crippen MR) is 134 cm³/mol. The molecule has 0 saturated carbocycles. The summed E-state index contributed by atoms with van der Waals surface area (Å²) in [4.78, 5) is 9.44. The average molecular weight is 537 g/mol. The molecule has 0 aliphatic carbocycles. The van der Waals surface area contributed by atoms with Crippen molar-refractivity contribution in [3.8, 4) is 5.75 Å². The largest absolute Gasteiger partial charge is 0.492 e. The Morgan fingerprint density at radius 3 is 2.41 bits per heavy atom. The highest BCUT2D eigenvalue weighted by Gasteiger charge is 2.21. The van der Waals surface area contributed by atoms with Gasteiger partial charge in [0.2, 0.25) is 0 Å². The van der Waals surface area contributed by atoms with E-state index in [1.54, 1.807) is 0 Å². The van der Waals surface area contributed by atoms with E-state index in [1.165, 1.54) is 0 Å². The van der Waals surface area contributed by atoms with Crippen molar-refractivity contribution in [3.63, 3.8) is 0 Å². The minimum absolute atomic E-state index is 0. The first-order valence-electron chi connectivity index (χ1n) is 10.2. The first kappa shape index (κ1) is 26.2. The van der Waals surface area contributed by atoms with Gasteiger partial charge in [0, 0.05) is 60.6 Å². The van der Waals surface area contributed by atoms with Crippen molar-refractivity contribution in [1.29, 1.82) is 0 Å². The van der Waals surface area contributed by atoms with Gasteiger partial charge in [-0.2, -0.15) is 0 Å². The number of rotatable bonds is 8. The maximum Gasteiger partial charge on any atom is 0.194 e. The van der Waals surface area contributed by atoms with Crippen LogP contribution in [0.15, 0.2) is 35.3 Å². The van der Waals surface area contributed by atoms with Gasteiger partial charge in [-0.3, -0.25) is 14.1 Å². The van der Waals surface area contributed by atoms with E-state index >= 15 is 0 Å². The van der Waals surface area contributed by atoms with Crippen molar-refractivity contribution in [2.75, 3.05) is 58.2 Å². The molecule has 1 atom stereocenters. The summed E-state index contributed by atoms with van der Waals surface area (Å²) >= 11 is 0. The van der Waals surface area contributed by atoms with E-state index < -0.39 is 10.8 Å². The fourth-order valence-electron chi connectivity index (χ4n) is 2.96.